The summed E-state index contributed by atoms with van der Waals surface area (Å²) < 4.78 is 13.3. The van der Waals surface area contributed by atoms with Gasteiger partial charge in [0.1, 0.15) is 5.82 Å². The molecule has 0 saturated carbocycles. The predicted octanol–water partition coefficient (Wildman–Crippen LogP) is 5.14. The second-order valence-electron chi connectivity index (χ2n) is 9.10. The van der Waals surface area contributed by atoms with Crippen LogP contribution in [0.1, 0.15) is 56.5 Å². The van der Waals surface area contributed by atoms with Crippen LogP contribution in [0.15, 0.2) is 24.4 Å². The topological polar surface area (TPSA) is 52.4 Å². The average molecular weight is 437 g/mol. The molecule has 0 unspecified atom stereocenters. The maximum atomic E-state index is 5.61. The number of aromatic nitrogens is 3. The standard InChI is InChI=1S/C26H36N4O2/c1-7-20-14-23-24(18(4)15-30(23)19(5)16-31-6)28-25(20)21-8-9-22(17(2)3)27-26(21)29-10-12-32-13-11-29/h8-9,14-15,17,19H,7,10-13,16H2,1-6H3/t19-/m0/s1. The molecule has 4 heterocycles. The molecule has 4 rings (SSSR count). The van der Waals surface area contributed by atoms with Crippen molar-refractivity contribution in [1.29, 1.82) is 0 Å². The minimum absolute atomic E-state index is 0.254. The second kappa shape index (κ2) is 9.59. The summed E-state index contributed by atoms with van der Waals surface area (Å²) >= 11 is 0. The first kappa shape index (κ1) is 22.7. The van der Waals surface area contributed by atoms with E-state index in [9.17, 15) is 0 Å². The van der Waals surface area contributed by atoms with E-state index in [0.717, 1.165) is 61.0 Å². The Morgan fingerprint density at radius 1 is 1.12 bits per heavy atom. The Balaban J connectivity index is 1.90. The smallest absolute Gasteiger partial charge is 0.138 e. The number of aryl methyl sites for hydroxylation is 2. The van der Waals surface area contributed by atoms with Gasteiger partial charge in [-0.05, 0) is 55.5 Å². The highest BCUT2D eigenvalue weighted by Gasteiger charge is 2.23. The number of rotatable bonds is 7. The first-order chi connectivity index (χ1) is 15.4. The van der Waals surface area contributed by atoms with Gasteiger partial charge in [-0.1, -0.05) is 20.8 Å². The number of fused-ring (bicyclic) bond motifs is 1. The number of pyridine rings is 2. The number of ether oxygens (including phenoxy) is 2. The van der Waals surface area contributed by atoms with Crippen molar-refractivity contribution in [2.24, 2.45) is 0 Å². The summed E-state index contributed by atoms with van der Waals surface area (Å²) in [7, 11) is 1.75. The lowest BCUT2D eigenvalue weighted by Gasteiger charge is -2.30. The number of morpholine rings is 1. The third kappa shape index (κ3) is 4.26. The van der Waals surface area contributed by atoms with Crippen LogP contribution in [0.3, 0.4) is 0 Å². The summed E-state index contributed by atoms with van der Waals surface area (Å²) in [6.45, 7) is 14.8. The van der Waals surface area contributed by atoms with E-state index in [1.54, 1.807) is 7.11 Å². The number of hydrogen-bond donors (Lipinski definition) is 0. The third-order valence-corrected chi connectivity index (χ3v) is 6.38. The summed E-state index contributed by atoms with van der Waals surface area (Å²) in [5.74, 6) is 1.41. The first-order valence-corrected chi connectivity index (χ1v) is 11.8. The van der Waals surface area contributed by atoms with E-state index in [1.165, 1.54) is 16.6 Å². The zero-order valence-corrected chi connectivity index (χ0v) is 20.3. The van der Waals surface area contributed by atoms with E-state index in [0.29, 0.717) is 12.5 Å². The maximum Gasteiger partial charge on any atom is 0.138 e. The molecular weight excluding hydrogens is 400 g/mol. The van der Waals surface area contributed by atoms with Crippen molar-refractivity contribution in [3.05, 3.63) is 41.2 Å². The SMILES string of the molecule is CCc1cc2c(nc1-c1ccc(C(C)C)nc1N1CCOCC1)c(C)cn2[C@@H](C)COC. The second-order valence-corrected chi connectivity index (χ2v) is 9.10. The fourth-order valence-electron chi connectivity index (χ4n) is 4.54. The van der Waals surface area contributed by atoms with Gasteiger partial charge in [0.2, 0.25) is 0 Å². The lowest BCUT2D eigenvalue weighted by molar-refractivity contribution is 0.122. The Labute approximate surface area is 191 Å². The van der Waals surface area contributed by atoms with Gasteiger partial charge in [-0.25, -0.2) is 9.97 Å². The minimum atomic E-state index is 0.254. The Kier molecular flexibility index (Phi) is 6.82. The number of hydrogen-bond acceptors (Lipinski definition) is 5. The van der Waals surface area contributed by atoms with Crippen LogP contribution in [0.5, 0.6) is 0 Å². The van der Waals surface area contributed by atoms with Crippen LogP contribution in [0.4, 0.5) is 5.82 Å². The lowest BCUT2D eigenvalue weighted by atomic mass is 10.0. The van der Waals surface area contributed by atoms with Crippen LogP contribution < -0.4 is 4.90 Å². The van der Waals surface area contributed by atoms with Crippen LogP contribution >= 0.6 is 0 Å². The Bertz CT molecular complexity index is 1080. The highest BCUT2D eigenvalue weighted by Crippen LogP contribution is 2.36. The largest absolute Gasteiger partial charge is 0.383 e. The third-order valence-electron chi connectivity index (χ3n) is 6.38. The van der Waals surface area contributed by atoms with Crippen LogP contribution in [0, 0.1) is 6.92 Å². The summed E-state index contributed by atoms with van der Waals surface area (Å²) in [5, 5.41) is 0. The number of nitrogens with zero attached hydrogens (tertiary/aromatic N) is 4. The molecule has 0 aromatic carbocycles. The lowest BCUT2D eigenvalue weighted by Crippen LogP contribution is -2.37. The summed E-state index contributed by atoms with van der Waals surface area (Å²) in [6, 6.07) is 6.95. The number of anilines is 1. The molecule has 0 bridgehead atoms. The van der Waals surface area contributed by atoms with E-state index < -0.39 is 0 Å². The molecule has 1 atom stereocenters. The molecule has 6 nitrogen and oxygen atoms in total. The molecule has 1 fully saturated rings. The average Bonchev–Trinajstić information content (AvgIpc) is 3.14. The van der Waals surface area contributed by atoms with Gasteiger partial charge in [-0.15, -0.1) is 0 Å². The maximum absolute atomic E-state index is 5.61. The summed E-state index contributed by atoms with van der Waals surface area (Å²) in [5.41, 5.74) is 7.94. The molecular formula is C26H36N4O2. The summed E-state index contributed by atoms with van der Waals surface area (Å²) in [4.78, 5) is 12.7. The molecule has 0 amide bonds. The molecule has 32 heavy (non-hydrogen) atoms. The van der Waals surface area contributed by atoms with E-state index >= 15 is 0 Å². The predicted molar refractivity (Wildman–Crippen MR) is 131 cm³/mol. The highest BCUT2D eigenvalue weighted by molar-refractivity contribution is 5.86. The van der Waals surface area contributed by atoms with Crippen LogP contribution in [-0.4, -0.2) is 54.6 Å². The van der Waals surface area contributed by atoms with Gasteiger partial charge < -0.3 is 18.9 Å². The van der Waals surface area contributed by atoms with Crippen LogP contribution in [0.2, 0.25) is 0 Å². The van der Waals surface area contributed by atoms with Gasteiger partial charge in [0, 0.05) is 37.7 Å². The zero-order chi connectivity index (χ0) is 22.8. The fourth-order valence-corrected chi connectivity index (χ4v) is 4.54. The van der Waals surface area contributed by atoms with Crippen molar-refractivity contribution >= 4 is 16.9 Å². The van der Waals surface area contributed by atoms with Gasteiger partial charge in [0.15, 0.2) is 0 Å². The molecule has 1 aliphatic heterocycles. The van der Waals surface area contributed by atoms with Gasteiger partial charge >= 0.3 is 0 Å². The van der Waals surface area contributed by atoms with E-state index in [4.69, 9.17) is 19.4 Å². The van der Waals surface area contributed by atoms with Gasteiger partial charge in [0.05, 0.1) is 42.6 Å². The summed E-state index contributed by atoms with van der Waals surface area (Å²) in [6.07, 6.45) is 3.11. The van der Waals surface area contributed by atoms with Crippen molar-refractivity contribution in [3.63, 3.8) is 0 Å². The van der Waals surface area contributed by atoms with Crippen molar-refractivity contribution in [3.8, 4) is 11.3 Å². The zero-order valence-electron chi connectivity index (χ0n) is 20.3. The van der Waals surface area contributed by atoms with E-state index in [2.05, 4.69) is 68.5 Å². The van der Waals surface area contributed by atoms with Crippen LogP contribution in [0.25, 0.3) is 22.3 Å². The molecule has 3 aromatic heterocycles. The van der Waals surface area contributed by atoms with Gasteiger partial charge in [-0.3, -0.25) is 0 Å². The molecule has 0 aliphatic carbocycles. The normalized spacial score (nSPS) is 15.7. The Morgan fingerprint density at radius 2 is 1.88 bits per heavy atom. The van der Waals surface area contributed by atoms with Crippen molar-refractivity contribution in [1.82, 2.24) is 14.5 Å². The van der Waals surface area contributed by atoms with Crippen molar-refractivity contribution in [2.75, 3.05) is 44.9 Å². The molecule has 0 N–H and O–H groups in total. The first-order valence-electron chi connectivity index (χ1n) is 11.8. The van der Waals surface area contributed by atoms with E-state index in [1.807, 2.05) is 0 Å². The molecule has 3 aromatic rings. The molecule has 172 valence electrons. The van der Waals surface area contributed by atoms with E-state index in [-0.39, 0.29) is 6.04 Å². The van der Waals surface area contributed by atoms with Crippen LogP contribution in [-0.2, 0) is 15.9 Å². The van der Waals surface area contributed by atoms with Gasteiger partial charge in [-0.2, -0.15) is 0 Å². The molecule has 1 aliphatic rings. The Morgan fingerprint density at radius 3 is 2.53 bits per heavy atom. The molecule has 0 spiro atoms. The highest BCUT2D eigenvalue weighted by atomic mass is 16.5. The molecule has 6 heteroatoms. The number of methoxy groups -OCH3 is 1. The fraction of sp³-hybridized carbons (Fsp3) is 0.538. The quantitative estimate of drug-likeness (QED) is 0.513. The Hall–Kier alpha value is -2.44. The molecule has 1 saturated heterocycles. The van der Waals surface area contributed by atoms with Gasteiger partial charge in [0.25, 0.3) is 0 Å². The molecule has 0 radical (unpaired) electrons. The monoisotopic (exact) mass is 436 g/mol. The minimum Gasteiger partial charge on any atom is -0.383 e. The van der Waals surface area contributed by atoms with Crippen molar-refractivity contribution in [2.45, 2.75) is 53.0 Å². The van der Waals surface area contributed by atoms with Crippen molar-refractivity contribution < 1.29 is 9.47 Å².